The maximum atomic E-state index is 11.8. The lowest BCUT2D eigenvalue weighted by Gasteiger charge is -2.16. The van der Waals surface area contributed by atoms with E-state index in [0.717, 1.165) is 24.9 Å². The quantitative estimate of drug-likeness (QED) is 0.677. The molecule has 6 nitrogen and oxygen atoms in total. The molecule has 1 amide bonds. The molecule has 0 aliphatic carbocycles. The van der Waals surface area contributed by atoms with E-state index in [4.69, 9.17) is 0 Å². The van der Waals surface area contributed by atoms with Crippen LogP contribution in [-0.2, 0) is 4.79 Å². The molecule has 0 aromatic carbocycles. The van der Waals surface area contributed by atoms with Crippen LogP contribution in [0.5, 0.6) is 0 Å². The smallest absolute Gasteiger partial charge is 0.242 e. The largest absolute Gasteiger partial charge is 0.358 e. The number of carbonyl (C=O) groups excluding carboxylic acids is 1. The van der Waals surface area contributed by atoms with Crippen LogP contribution in [0.25, 0.3) is 0 Å². The van der Waals surface area contributed by atoms with Crippen molar-refractivity contribution in [3.63, 3.8) is 0 Å². The molecule has 0 bridgehead atoms. The van der Waals surface area contributed by atoms with Gasteiger partial charge >= 0.3 is 0 Å². The Bertz CT molecular complexity index is 436. The molecule has 1 aromatic rings. The zero-order valence-electron chi connectivity index (χ0n) is 12.8. The summed E-state index contributed by atoms with van der Waals surface area (Å²) in [5, 5.41) is 9.13. The first-order chi connectivity index (χ1) is 9.58. The van der Waals surface area contributed by atoms with Crippen molar-refractivity contribution in [2.24, 2.45) is 0 Å². The average Bonchev–Trinajstić information content (AvgIpc) is 2.45. The number of amides is 1. The number of rotatable bonds is 8. The lowest BCUT2D eigenvalue weighted by atomic mass is 10.2. The van der Waals surface area contributed by atoms with Crippen molar-refractivity contribution in [2.75, 3.05) is 23.7 Å². The van der Waals surface area contributed by atoms with E-state index in [1.165, 1.54) is 0 Å². The van der Waals surface area contributed by atoms with Crippen LogP contribution in [0.1, 0.15) is 39.2 Å². The van der Waals surface area contributed by atoms with Gasteiger partial charge < -0.3 is 16.0 Å². The minimum absolute atomic E-state index is 0.0204. The monoisotopic (exact) mass is 279 g/mol. The molecular weight excluding hydrogens is 254 g/mol. The molecule has 0 saturated carbocycles. The van der Waals surface area contributed by atoms with Crippen LogP contribution < -0.4 is 16.0 Å². The van der Waals surface area contributed by atoms with E-state index in [2.05, 4.69) is 32.8 Å². The first-order valence-corrected chi connectivity index (χ1v) is 7.20. The molecule has 0 radical (unpaired) electrons. The number of anilines is 2. The maximum absolute atomic E-state index is 11.8. The summed E-state index contributed by atoms with van der Waals surface area (Å²) in [7, 11) is 0. The molecule has 112 valence electrons. The minimum atomic E-state index is -0.325. The number of nitrogens with one attached hydrogen (secondary N) is 3. The summed E-state index contributed by atoms with van der Waals surface area (Å²) >= 11 is 0. The van der Waals surface area contributed by atoms with Crippen molar-refractivity contribution in [1.82, 2.24) is 15.3 Å². The van der Waals surface area contributed by atoms with E-state index in [-0.39, 0.29) is 11.9 Å². The number of hydrogen-bond acceptors (Lipinski definition) is 5. The van der Waals surface area contributed by atoms with E-state index in [0.29, 0.717) is 18.3 Å². The van der Waals surface area contributed by atoms with Crippen LogP contribution in [0, 0.1) is 6.92 Å². The Morgan fingerprint density at radius 1 is 1.30 bits per heavy atom. The Morgan fingerprint density at radius 3 is 2.65 bits per heavy atom. The highest BCUT2D eigenvalue weighted by Gasteiger charge is 2.14. The Hall–Kier alpha value is -1.85. The van der Waals surface area contributed by atoms with E-state index in [9.17, 15) is 4.79 Å². The van der Waals surface area contributed by atoms with Gasteiger partial charge in [0.15, 0.2) is 0 Å². The molecule has 1 atom stereocenters. The van der Waals surface area contributed by atoms with Gasteiger partial charge in [0.1, 0.15) is 11.9 Å². The van der Waals surface area contributed by atoms with Crippen LogP contribution in [0.3, 0.4) is 0 Å². The fourth-order valence-electron chi connectivity index (χ4n) is 1.58. The molecule has 0 saturated heterocycles. The second kappa shape index (κ2) is 8.35. The molecule has 1 rings (SSSR count). The van der Waals surface area contributed by atoms with E-state index < -0.39 is 0 Å². The molecule has 1 aromatic heterocycles. The fourth-order valence-corrected chi connectivity index (χ4v) is 1.58. The molecule has 1 heterocycles. The highest BCUT2D eigenvalue weighted by Crippen LogP contribution is 2.13. The highest BCUT2D eigenvalue weighted by molar-refractivity contribution is 5.84. The number of hydrogen-bond donors (Lipinski definition) is 3. The summed E-state index contributed by atoms with van der Waals surface area (Å²) in [5.41, 5.74) is 0.919. The van der Waals surface area contributed by atoms with Gasteiger partial charge in [-0.1, -0.05) is 13.8 Å². The topological polar surface area (TPSA) is 78.9 Å². The maximum Gasteiger partial charge on any atom is 0.242 e. The molecule has 0 fully saturated rings. The Balaban J connectivity index is 2.67. The summed E-state index contributed by atoms with van der Waals surface area (Å²) < 4.78 is 0. The predicted molar refractivity (Wildman–Crippen MR) is 81.9 cm³/mol. The second-order valence-corrected chi connectivity index (χ2v) is 4.81. The number of nitrogens with zero attached hydrogens (tertiary/aromatic N) is 2. The lowest BCUT2D eigenvalue weighted by molar-refractivity contribution is -0.121. The first-order valence-electron chi connectivity index (χ1n) is 7.20. The van der Waals surface area contributed by atoms with Gasteiger partial charge in [0.05, 0.1) is 0 Å². The summed E-state index contributed by atoms with van der Waals surface area (Å²) in [6, 6.07) is -0.325. The minimum Gasteiger partial charge on any atom is -0.358 e. The summed E-state index contributed by atoms with van der Waals surface area (Å²) in [6.07, 6.45) is 3.69. The van der Waals surface area contributed by atoms with Gasteiger partial charge in [-0.15, -0.1) is 0 Å². The first kappa shape index (κ1) is 16.2. The summed E-state index contributed by atoms with van der Waals surface area (Å²) in [5.74, 6) is 1.26. The lowest BCUT2D eigenvalue weighted by Crippen LogP contribution is -2.38. The molecule has 0 aliphatic heterocycles. The summed E-state index contributed by atoms with van der Waals surface area (Å²) in [6.45, 7) is 9.37. The van der Waals surface area contributed by atoms with Crippen LogP contribution in [0.2, 0.25) is 0 Å². The van der Waals surface area contributed by atoms with Crippen molar-refractivity contribution >= 4 is 17.7 Å². The van der Waals surface area contributed by atoms with Crippen LogP contribution in [0.4, 0.5) is 11.8 Å². The number of aryl methyl sites for hydroxylation is 1. The van der Waals surface area contributed by atoms with Crippen LogP contribution in [0.15, 0.2) is 6.20 Å². The number of aromatic nitrogens is 2. The van der Waals surface area contributed by atoms with Crippen LogP contribution >= 0.6 is 0 Å². The predicted octanol–water partition coefficient (Wildman–Crippen LogP) is 1.93. The Kier molecular flexibility index (Phi) is 6.76. The molecular formula is C14H25N5O. The SMILES string of the molecule is CCCNC(=O)C(C)Nc1nc(NCCC)ncc1C. The van der Waals surface area contributed by atoms with Crippen molar-refractivity contribution < 1.29 is 4.79 Å². The van der Waals surface area contributed by atoms with Gasteiger partial charge in [-0.3, -0.25) is 4.79 Å². The summed E-state index contributed by atoms with van der Waals surface area (Å²) in [4.78, 5) is 20.5. The van der Waals surface area contributed by atoms with Gasteiger partial charge in [0, 0.05) is 24.8 Å². The van der Waals surface area contributed by atoms with Crippen molar-refractivity contribution in [3.05, 3.63) is 11.8 Å². The molecule has 0 spiro atoms. The van der Waals surface area contributed by atoms with Gasteiger partial charge in [0.25, 0.3) is 0 Å². The zero-order chi connectivity index (χ0) is 15.0. The van der Waals surface area contributed by atoms with Gasteiger partial charge in [0.2, 0.25) is 11.9 Å². The molecule has 3 N–H and O–H groups in total. The standard InChI is InChI=1S/C14H25N5O/c1-5-7-15-13(20)11(4)18-12-10(3)9-17-14(19-12)16-8-6-2/h9,11H,5-8H2,1-4H3,(H,15,20)(H2,16,17,18,19). The third-order valence-corrected chi connectivity index (χ3v) is 2.80. The third kappa shape index (κ3) is 5.03. The van der Waals surface area contributed by atoms with Crippen LogP contribution in [-0.4, -0.2) is 35.0 Å². The third-order valence-electron chi connectivity index (χ3n) is 2.80. The van der Waals surface area contributed by atoms with E-state index in [1.807, 2.05) is 20.8 Å². The van der Waals surface area contributed by atoms with Crippen molar-refractivity contribution in [3.8, 4) is 0 Å². The Morgan fingerprint density at radius 2 is 2.00 bits per heavy atom. The van der Waals surface area contributed by atoms with Gasteiger partial charge in [-0.25, -0.2) is 4.98 Å². The fraction of sp³-hybridized carbons (Fsp3) is 0.643. The average molecular weight is 279 g/mol. The highest BCUT2D eigenvalue weighted by atomic mass is 16.2. The van der Waals surface area contributed by atoms with E-state index in [1.54, 1.807) is 6.20 Å². The van der Waals surface area contributed by atoms with Crippen molar-refractivity contribution in [2.45, 2.75) is 46.6 Å². The number of carbonyl (C=O) groups is 1. The van der Waals surface area contributed by atoms with E-state index >= 15 is 0 Å². The molecule has 0 aliphatic rings. The Labute approximate surface area is 120 Å². The molecule has 6 heteroatoms. The zero-order valence-corrected chi connectivity index (χ0v) is 12.8. The molecule has 1 unspecified atom stereocenters. The molecule has 20 heavy (non-hydrogen) atoms. The van der Waals surface area contributed by atoms with Crippen molar-refractivity contribution in [1.29, 1.82) is 0 Å². The normalized spacial score (nSPS) is 11.8. The second-order valence-electron chi connectivity index (χ2n) is 4.81. The van der Waals surface area contributed by atoms with Gasteiger partial charge in [-0.2, -0.15) is 4.98 Å². The van der Waals surface area contributed by atoms with Gasteiger partial charge in [-0.05, 0) is 26.7 Å².